The van der Waals surface area contributed by atoms with Gasteiger partial charge in [0.05, 0.1) is 6.10 Å². The first kappa shape index (κ1) is 8.49. The Kier molecular flexibility index (Phi) is 1.88. The lowest BCUT2D eigenvalue weighted by atomic mass is 9.83. The monoisotopic (exact) mass is 188 g/mol. The zero-order valence-corrected chi connectivity index (χ0v) is 8.26. The number of hydrogen-bond donors (Lipinski definition) is 1. The van der Waals surface area contributed by atoms with Gasteiger partial charge in [0.25, 0.3) is 0 Å². The van der Waals surface area contributed by atoms with E-state index < -0.39 is 0 Å². The summed E-state index contributed by atoms with van der Waals surface area (Å²) in [6, 6.07) is 10.7. The minimum atomic E-state index is -0.0137. The molecule has 0 radical (unpaired) electrons. The highest BCUT2D eigenvalue weighted by Gasteiger charge is 2.47. The van der Waals surface area contributed by atoms with Crippen LogP contribution in [0, 0.1) is 11.8 Å². The molecule has 0 spiro atoms. The van der Waals surface area contributed by atoms with Gasteiger partial charge in [-0.05, 0) is 42.6 Å². The van der Waals surface area contributed by atoms with E-state index in [1.807, 2.05) is 0 Å². The molecule has 2 aliphatic rings. The highest BCUT2D eigenvalue weighted by Crippen LogP contribution is 2.52. The van der Waals surface area contributed by atoms with Crippen molar-refractivity contribution in [3.63, 3.8) is 0 Å². The number of fused-ring (bicyclic) bond motifs is 2. The number of aliphatic hydroxyl groups is 1. The molecule has 0 amide bonds. The van der Waals surface area contributed by atoms with Crippen LogP contribution in [-0.4, -0.2) is 11.2 Å². The van der Waals surface area contributed by atoms with Crippen molar-refractivity contribution in [1.82, 2.24) is 0 Å². The van der Waals surface area contributed by atoms with Crippen LogP contribution in [0.25, 0.3) is 0 Å². The van der Waals surface area contributed by atoms with Gasteiger partial charge in [0, 0.05) is 0 Å². The molecule has 0 aromatic heterocycles. The fraction of sp³-hybridized carbons (Fsp3) is 0.538. The molecule has 2 aliphatic carbocycles. The molecular weight excluding hydrogens is 172 g/mol. The lowest BCUT2D eigenvalue weighted by Crippen LogP contribution is -2.14. The van der Waals surface area contributed by atoms with E-state index in [0.29, 0.717) is 17.8 Å². The maximum absolute atomic E-state index is 9.96. The lowest BCUT2D eigenvalue weighted by molar-refractivity contribution is 0.126. The first-order chi connectivity index (χ1) is 6.86. The van der Waals surface area contributed by atoms with Gasteiger partial charge in [0.1, 0.15) is 0 Å². The first-order valence-electron chi connectivity index (χ1n) is 5.59. The predicted octanol–water partition coefficient (Wildman–Crippen LogP) is 2.56. The van der Waals surface area contributed by atoms with Crippen LogP contribution in [0.1, 0.15) is 30.7 Å². The van der Waals surface area contributed by atoms with Gasteiger partial charge in [-0.15, -0.1) is 0 Å². The van der Waals surface area contributed by atoms with Crippen LogP contribution < -0.4 is 0 Å². The smallest absolute Gasteiger partial charge is 0.0602 e. The summed E-state index contributed by atoms with van der Waals surface area (Å²) < 4.78 is 0. The summed E-state index contributed by atoms with van der Waals surface area (Å²) in [7, 11) is 0. The average molecular weight is 188 g/mol. The van der Waals surface area contributed by atoms with Crippen LogP contribution in [0.15, 0.2) is 30.3 Å². The lowest BCUT2D eigenvalue weighted by Gasteiger charge is -2.21. The van der Waals surface area contributed by atoms with Crippen molar-refractivity contribution in [3.8, 4) is 0 Å². The Bertz CT molecular complexity index is 319. The van der Waals surface area contributed by atoms with Gasteiger partial charge >= 0.3 is 0 Å². The standard InChI is InChI=1S/C13H16O/c14-13-10-6-7-11(13)12(8-10)9-4-2-1-3-5-9/h1-5,10-14H,6-8H2/t10-,11+,12-,13+/m1/s1. The van der Waals surface area contributed by atoms with Gasteiger partial charge < -0.3 is 5.11 Å². The summed E-state index contributed by atoms with van der Waals surface area (Å²) >= 11 is 0. The Morgan fingerprint density at radius 3 is 2.43 bits per heavy atom. The molecule has 74 valence electrons. The molecule has 1 aromatic carbocycles. The molecule has 2 saturated carbocycles. The fourth-order valence-electron chi connectivity index (χ4n) is 3.38. The summed E-state index contributed by atoms with van der Waals surface area (Å²) in [5.74, 6) is 1.76. The second-order valence-electron chi connectivity index (χ2n) is 4.74. The van der Waals surface area contributed by atoms with E-state index in [9.17, 15) is 5.11 Å². The van der Waals surface area contributed by atoms with Gasteiger partial charge in [-0.1, -0.05) is 30.3 Å². The summed E-state index contributed by atoms with van der Waals surface area (Å²) in [6.45, 7) is 0. The Morgan fingerprint density at radius 1 is 1.07 bits per heavy atom. The van der Waals surface area contributed by atoms with Gasteiger partial charge in [-0.2, -0.15) is 0 Å². The van der Waals surface area contributed by atoms with Crippen LogP contribution >= 0.6 is 0 Å². The molecule has 0 unspecified atom stereocenters. The molecular formula is C13H16O. The van der Waals surface area contributed by atoms with Gasteiger partial charge in [-0.25, -0.2) is 0 Å². The van der Waals surface area contributed by atoms with Crippen LogP contribution in [0.4, 0.5) is 0 Å². The van der Waals surface area contributed by atoms with Crippen LogP contribution in [-0.2, 0) is 0 Å². The molecule has 1 aromatic rings. The normalized spacial score (nSPS) is 40.4. The van der Waals surface area contributed by atoms with Crippen molar-refractivity contribution < 1.29 is 5.11 Å². The van der Waals surface area contributed by atoms with E-state index in [4.69, 9.17) is 0 Å². The Hall–Kier alpha value is -0.820. The number of hydrogen-bond acceptors (Lipinski definition) is 1. The molecule has 0 aliphatic heterocycles. The van der Waals surface area contributed by atoms with Crippen molar-refractivity contribution in [1.29, 1.82) is 0 Å². The van der Waals surface area contributed by atoms with Gasteiger partial charge in [0.2, 0.25) is 0 Å². The molecule has 2 bridgehead atoms. The predicted molar refractivity (Wildman–Crippen MR) is 56.0 cm³/mol. The maximum Gasteiger partial charge on any atom is 0.0602 e. The highest BCUT2D eigenvalue weighted by atomic mass is 16.3. The number of benzene rings is 1. The van der Waals surface area contributed by atoms with E-state index in [1.54, 1.807) is 0 Å². The zero-order valence-electron chi connectivity index (χ0n) is 8.26. The fourth-order valence-corrected chi connectivity index (χ4v) is 3.38. The maximum atomic E-state index is 9.96. The largest absolute Gasteiger partial charge is 0.393 e. The molecule has 1 nitrogen and oxygen atoms in total. The minimum absolute atomic E-state index is 0.0137. The summed E-state index contributed by atoms with van der Waals surface area (Å²) in [5.41, 5.74) is 1.43. The van der Waals surface area contributed by atoms with E-state index in [0.717, 1.165) is 0 Å². The second kappa shape index (κ2) is 3.09. The van der Waals surface area contributed by atoms with Crippen molar-refractivity contribution >= 4 is 0 Å². The van der Waals surface area contributed by atoms with E-state index in [1.165, 1.54) is 24.8 Å². The SMILES string of the molecule is O[C@H]1[C@@H]2CC[C@H]1[C@@H](c1ccccc1)C2. The Morgan fingerprint density at radius 2 is 1.86 bits per heavy atom. The molecule has 3 rings (SSSR count). The third-order valence-corrected chi connectivity index (χ3v) is 4.09. The van der Waals surface area contributed by atoms with E-state index >= 15 is 0 Å². The van der Waals surface area contributed by atoms with Crippen molar-refractivity contribution in [2.75, 3.05) is 0 Å². The van der Waals surface area contributed by atoms with Crippen LogP contribution in [0.5, 0.6) is 0 Å². The Labute approximate surface area is 84.8 Å². The summed E-state index contributed by atoms with van der Waals surface area (Å²) in [4.78, 5) is 0. The third-order valence-electron chi connectivity index (χ3n) is 4.09. The first-order valence-corrected chi connectivity index (χ1v) is 5.59. The number of aliphatic hydroxyl groups excluding tert-OH is 1. The van der Waals surface area contributed by atoms with Gasteiger partial charge in [0.15, 0.2) is 0 Å². The van der Waals surface area contributed by atoms with Crippen LogP contribution in [0.3, 0.4) is 0 Å². The summed E-state index contributed by atoms with van der Waals surface area (Å²) in [5, 5.41) is 9.96. The Balaban J connectivity index is 1.89. The topological polar surface area (TPSA) is 20.2 Å². The molecule has 4 atom stereocenters. The average Bonchev–Trinajstić information content (AvgIpc) is 2.76. The van der Waals surface area contributed by atoms with Crippen molar-refractivity contribution in [2.24, 2.45) is 11.8 Å². The van der Waals surface area contributed by atoms with Crippen molar-refractivity contribution in [3.05, 3.63) is 35.9 Å². The molecule has 1 heteroatoms. The van der Waals surface area contributed by atoms with Crippen molar-refractivity contribution in [2.45, 2.75) is 31.3 Å². The zero-order chi connectivity index (χ0) is 9.54. The molecule has 0 heterocycles. The van der Waals surface area contributed by atoms with Crippen LogP contribution in [0.2, 0.25) is 0 Å². The molecule has 0 saturated heterocycles. The number of rotatable bonds is 1. The van der Waals surface area contributed by atoms with E-state index in [2.05, 4.69) is 30.3 Å². The van der Waals surface area contributed by atoms with E-state index in [-0.39, 0.29) is 6.10 Å². The highest BCUT2D eigenvalue weighted by molar-refractivity contribution is 5.24. The molecule has 2 fully saturated rings. The molecule has 14 heavy (non-hydrogen) atoms. The molecule has 1 N–H and O–H groups in total. The van der Waals surface area contributed by atoms with Gasteiger partial charge in [-0.3, -0.25) is 0 Å². The minimum Gasteiger partial charge on any atom is -0.393 e. The third kappa shape index (κ3) is 1.12. The quantitative estimate of drug-likeness (QED) is 0.718. The second-order valence-corrected chi connectivity index (χ2v) is 4.74. The summed E-state index contributed by atoms with van der Waals surface area (Å²) in [6.07, 6.45) is 3.66.